The van der Waals surface area contributed by atoms with E-state index in [9.17, 15) is 0 Å². The molecule has 14 rings (SSSR count). The Morgan fingerprint density at radius 2 is 1.04 bits per heavy atom. The number of fused-ring (bicyclic) bond motifs is 9. The molecule has 0 bridgehead atoms. The SMILES string of the molecule is Cc1cc2c3c(c1)N(c1c(C)cc(-c4csc5ccccc45)cc1C)c1oc4ccc(C(C)(C)C)cc4c1B3c1ccc(-c3csc4ccccc34)cc1N2c1cccc(-c2csc3ccccc23)c1. The van der Waals surface area contributed by atoms with E-state index in [4.69, 9.17) is 4.42 Å². The van der Waals surface area contributed by atoms with E-state index in [1.54, 1.807) is 0 Å². The molecule has 0 atom stereocenters. The van der Waals surface area contributed by atoms with Gasteiger partial charge in [-0.05, 0) is 165 Å². The van der Waals surface area contributed by atoms with E-state index in [2.05, 4.69) is 225 Å². The van der Waals surface area contributed by atoms with Crippen LogP contribution in [0.3, 0.4) is 0 Å². The number of aryl methyl sites for hydroxylation is 3. The minimum Gasteiger partial charge on any atom is -0.440 e. The van der Waals surface area contributed by atoms with Crippen molar-refractivity contribution in [2.24, 2.45) is 0 Å². The Balaban J connectivity index is 1.06. The van der Waals surface area contributed by atoms with E-state index in [0.717, 1.165) is 28.5 Å². The van der Waals surface area contributed by atoms with Crippen LogP contribution in [0.25, 0.3) is 74.6 Å². The summed E-state index contributed by atoms with van der Waals surface area (Å²) in [5.41, 5.74) is 22.9. The molecular weight excluding hydrogens is 908 g/mol. The van der Waals surface area contributed by atoms with Crippen LogP contribution in [0.5, 0.6) is 0 Å². The summed E-state index contributed by atoms with van der Waals surface area (Å²) in [6.45, 7) is 13.7. The van der Waals surface area contributed by atoms with Gasteiger partial charge in [-0.15, -0.1) is 34.0 Å². The fourth-order valence-corrected chi connectivity index (χ4v) is 14.6. The first-order chi connectivity index (χ1) is 34.1. The maximum absolute atomic E-state index is 7.35. The van der Waals surface area contributed by atoms with Crippen molar-refractivity contribution in [3.8, 4) is 33.4 Å². The monoisotopic (exact) mass is 954 g/mol. The largest absolute Gasteiger partial charge is 0.440 e. The Kier molecular flexibility index (Phi) is 9.21. The van der Waals surface area contributed by atoms with Crippen LogP contribution >= 0.6 is 34.0 Å². The quantitative estimate of drug-likeness (QED) is 0.160. The molecule has 0 fully saturated rings. The molecule has 70 heavy (non-hydrogen) atoms. The number of benzene rings is 8. The summed E-state index contributed by atoms with van der Waals surface area (Å²) >= 11 is 5.45. The lowest BCUT2D eigenvalue weighted by Gasteiger charge is -2.43. The van der Waals surface area contributed by atoms with Gasteiger partial charge < -0.3 is 9.32 Å². The predicted octanol–water partition coefficient (Wildman–Crippen LogP) is 17.4. The maximum Gasteiger partial charge on any atom is 0.257 e. The molecular formula is C63H47BN2OS3. The first-order valence-corrected chi connectivity index (χ1v) is 26.8. The van der Waals surface area contributed by atoms with Crippen LogP contribution in [0.1, 0.15) is 43.0 Å². The molecule has 8 aromatic carbocycles. The topological polar surface area (TPSA) is 19.6 Å². The lowest BCUT2D eigenvalue weighted by atomic mass is 9.33. The minimum atomic E-state index is -0.103. The second-order valence-corrected chi connectivity index (χ2v) is 23.1. The van der Waals surface area contributed by atoms with E-state index < -0.39 is 0 Å². The van der Waals surface area contributed by atoms with Gasteiger partial charge in [0.1, 0.15) is 5.58 Å². The molecule has 4 aromatic heterocycles. The standard InChI is InChI=1S/C63H47BN2OS3/c1-36-26-53-60-54(27-36)66(61-37(2)28-41(29-38(61)3)50-35-70-58-21-12-9-18-46(50)58)62-59(47-32-42(63(4,5)6)23-25-55(47)67-62)64(60)51-24-22-40(49-34-69-57-20-11-8-17-45(49)57)31-52(51)65(53)43-15-13-14-39(30-43)48-33-68-56-19-10-7-16-44(48)56/h7-35H,1-6H3. The average molecular weight is 955 g/mol. The highest BCUT2D eigenvalue weighted by Crippen LogP contribution is 2.50. The van der Waals surface area contributed by atoms with Crippen LogP contribution < -0.4 is 26.2 Å². The van der Waals surface area contributed by atoms with Crippen LogP contribution in [0.2, 0.25) is 0 Å². The van der Waals surface area contributed by atoms with Gasteiger partial charge in [0.15, 0.2) is 0 Å². The number of hydrogen-bond acceptors (Lipinski definition) is 6. The van der Waals surface area contributed by atoms with Gasteiger partial charge in [-0.3, -0.25) is 4.90 Å². The van der Waals surface area contributed by atoms with Crippen molar-refractivity contribution in [3.63, 3.8) is 0 Å². The summed E-state index contributed by atoms with van der Waals surface area (Å²) in [6.07, 6.45) is 0. The molecule has 0 saturated carbocycles. The molecule has 3 nitrogen and oxygen atoms in total. The molecule has 0 amide bonds. The maximum atomic E-state index is 7.35. The molecule has 0 aliphatic carbocycles. The van der Waals surface area contributed by atoms with Crippen LogP contribution in [0.15, 0.2) is 178 Å². The number of anilines is 6. The molecule has 7 heteroatoms. The lowest BCUT2D eigenvalue weighted by molar-refractivity contribution is 0.589. The zero-order valence-electron chi connectivity index (χ0n) is 39.8. The Labute approximate surface area is 420 Å². The van der Waals surface area contributed by atoms with Gasteiger partial charge >= 0.3 is 0 Å². The molecule has 0 saturated heterocycles. The Hall–Kier alpha value is -7.16. The summed E-state index contributed by atoms with van der Waals surface area (Å²) in [5.74, 6) is 0.897. The molecule has 2 aliphatic rings. The molecule has 0 unspecified atom stereocenters. The van der Waals surface area contributed by atoms with Gasteiger partial charge in [0.25, 0.3) is 6.71 Å². The van der Waals surface area contributed by atoms with Crippen LogP contribution in [0.4, 0.5) is 34.3 Å². The summed E-state index contributed by atoms with van der Waals surface area (Å²) in [4.78, 5) is 5.06. The normalized spacial score (nSPS) is 13.2. The van der Waals surface area contributed by atoms with Crippen molar-refractivity contribution in [1.82, 2.24) is 0 Å². The van der Waals surface area contributed by atoms with Crippen molar-refractivity contribution < 1.29 is 4.42 Å². The summed E-state index contributed by atoms with van der Waals surface area (Å²) in [7, 11) is 0. The second-order valence-electron chi connectivity index (χ2n) is 20.3. The lowest BCUT2D eigenvalue weighted by Crippen LogP contribution is -2.61. The fraction of sp³-hybridized carbons (Fsp3) is 0.111. The molecule has 336 valence electrons. The third-order valence-corrected chi connectivity index (χ3v) is 17.8. The number of nitrogens with zero attached hydrogens (tertiary/aromatic N) is 2. The molecule has 12 aromatic rings. The van der Waals surface area contributed by atoms with Gasteiger partial charge in [-0.1, -0.05) is 106 Å². The highest BCUT2D eigenvalue weighted by molar-refractivity contribution is 7.18. The summed E-state index contributed by atoms with van der Waals surface area (Å²) < 4.78 is 11.3. The molecule has 6 heterocycles. The van der Waals surface area contributed by atoms with E-state index in [1.807, 2.05) is 34.0 Å². The molecule has 0 N–H and O–H groups in total. The Morgan fingerprint density at radius 1 is 0.471 bits per heavy atom. The van der Waals surface area contributed by atoms with Gasteiger partial charge in [0.2, 0.25) is 5.88 Å². The van der Waals surface area contributed by atoms with Crippen molar-refractivity contribution in [2.75, 3.05) is 9.80 Å². The van der Waals surface area contributed by atoms with E-state index >= 15 is 0 Å². The van der Waals surface area contributed by atoms with Crippen molar-refractivity contribution in [2.45, 2.75) is 47.0 Å². The molecule has 0 spiro atoms. The van der Waals surface area contributed by atoms with E-state index in [1.165, 1.54) is 119 Å². The zero-order valence-corrected chi connectivity index (χ0v) is 42.3. The number of rotatable bonds is 5. The second kappa shape index (κ2) is 15.4. The van der Waals surface area contributed by atoms with E-state index in [-0.39, 0.29) is 12.1 Å². The smallest absolute Gasteiger partial charge is 0.257 e. The van der Waals surface area contributed by atoms with Gasteiger partial charge in [0, 0.05) is 80.5 Å². The number of thiophene rings is 3. The van der Waals surface area contributed by atoms with Crippen molar-refractivity contribution in [3.05, 3.63) is 196 Å². The van der Waals surface area contributed by atoms with Crippen LogP contribution in [-0.4, -0.2) is 6.71 Å². The third kappa shape index (κ3) is 6.24. The Morgan fingerprint density at radius 3 is 1.66 bits per heavy atom. The zero-order chi connectivity index (χ0) is 47.2. The third-order valence-electron chi connectivity index (χ3n) is 14.9. The summed E-state index contributed by atoms with van der Waals surface area (Å²) in [5, 5.41) is 12.0. The molecule has 0 radical (unpaired) electrons. The summed E-state index contributed by atoms with van der Waals surface area (Å²) in [6, 6.07) is 59.4. The highest BCUT2D eigenvalue weighted by atomic mass is 32.1. The van der Waals surface area contributed by atoms with Gasteiger partial charge in [0.05, 0.1) is 5.69 Å². The van der Waals surface area contributed by atoms with Crippen LogP contribution in [0, 0.1) is 20.8 Å². The predicted molar refractivity (Wildman–Crippen MR) is 306 cm³/mol. The fourth-order valence-electron chi connectivity index (χ4n) is 11.7. The first-order valence-electron chi connectivity index (χ1n) is 24.1. The number of hydrogen-bond donors (Lipinski definition) is 0. The van der Waals surface area contributed by atoms with Gasteiger partial charge in [-0.25, -0.2) is 0 Å². The van der Waals surface area contributed by atoms with Crippen molar-refractivity contribution >= 4 is 133 Å². The highest BCUT2D eigenvalue weighted by Gasteiger charge is 2.47. The Bertz CT molecular complexity index is 4120. The molecule has 2 aliphatic heterocycles. The van der Waals surface area contributed by atoms with Crippen LogP contribution in [-0.2, 0) is 5.41 Å². The van der Waals surface area contributed by atoms with E-state index in [0.29, 0.717) is 0 Å². The van der Waals surface area contributed by atoms with Gasteiger partial charge in [-0.2, -0.15) is 0 Å². The minimum absolute atomic E-state index is 0.0556. The van der Waals surface area contributed by atoms with Crippen molar-refractivity contribution in [1.29, 1.82) is 0 Å². The average Bonchev–Trinajstić information content (AvgIpc) is 4.18. The number of furan rings is 1. The first kappa shape index (κ1) is 41.8.